The quantitative estimate of drug-likeness (QED) is 0.0196. The normalized spacial score (nSPS) is 12.9. The van der Waals surface area contributed by atoms with E-state index in [9.17, 15) is 19.5 Å². The fourth-order valence-electron chi connectivity index (χ4n) is 6.94. The number of rotatable bonds is 45. The summed E-state index contributed by atoms with van der Waals surface area (Å²) in [6, 6.07) is 0. The number of quaternary nitrogens is 1. The van der Waals surface area contributed by atoms with Crippen LogP contribution in [-0.4, -0.2) is 82.3 Å². The van der Waals surface area contributed by atoms with E-state index in [4.69, 9.17) is 18.9 Å². The molecule has 0 aromatic carbocycles. The van der Waals surface area contributed by atoms with E-state index in [1.165, 1.54) is 141 Å². The Hall–Kier alpha value is -1.97. The Morgan fingerprint density at radius 1 is 0.500 bits per heavy atom. The smallest absolute Gasteiger partial charge is 0.306 e. The zero-order valence-electron chi connectivity index (χ0n) is 38.7. The molecule has 2 atom stereocenters. The molecule has 0 saturated carbocycles. The first kappa shape index (κ1) is 56.0. The molecule has 0 aromatic rings. The van der Waals surface area contributed by atoms with Crippen molar-refractivity contribution in [3.8, 4) is 0 Å². The van der Waals surface area contributed by atoms with Crippen molar-refractivity contribution in [2.75, 3.05) is 47.5 Å². The van der Waals surface area contributed by atoms with Crippen molar-refractivity contribution in [1.82, 2.24) is 0 Å². The molecule has 0 saturated heterocycles. The summed E-state index contributed by atoms with van der Waals surface area (Å²) in [5.74, 6) is -2.28. The van der Waals surface area contributed by atoms with Gasteiger partial charge in [0.05, 0.1) is 40.3 Å². The minimum atomic E-state index is -1.62. The highest BCUT2D eigenvalue weighted by Gasteiger charge is 2.21. The van der Waals surface area contributed by atoms with Crippen LogP contribution in [0.15, 0.2) is 12.2 Å². The van der Waals surface area contributed by atoms with Crippen molar-refractivity contribution in [3.05, 3.63) is 12.2 Å². The Kier molecular flexibility index (Phi) is 40.3. The molecule has 0 aromatic heterocycles. The number of hydrogen-bond acceptors (Lipinski definition) is 8. The van der Waals surface area contributed by atoms with Crippen molar-refractivity contribution in [2.24, 2.45) is 0 Å². The fourth-order valence-corrected chi connectivity index (χ4v) is 6.94. The Morgan fingerprint density at radius 2 is 0.879 bits per heavy atom. The molecule has 9 nitrogen and oxygen atoms in total. The Morgan fingerprint density at radius 3 is 1.28 bits per heavy atom. The lowest BCUT2D eigenvalue weighted by Gasteiger charge is -2.26. The maximum atomic E-state index is 12.8. The van der Waals surface area contributed by atoms with Crippen LogP contribution in [0, 0.1) is 0 Å². The van der Waals surface area contributed by atoms with E-state index in [0.717, 1.165) is 51.4 Å². The first-order chi connectivity index (χ1) is 28.1. The number of nitrogens with zero attached hydrogens (tertiary/aromatic N) is 1. The van der Waals surface area contributed by atoms with Gasteiger partial charge in [-0.05, 0) is 38.5 Å². The van der Waals surface area contributed by atoms with Crippen LogP contribution in [0.3, 0.4) is 0 Å². The number of likely N-dealkylation sites (N-methyl/N-ethyl adjacent to an activating group) is 1. The summed E-state index contributed by atoms with van der Waals surface area (Å²) in [5.41, 5.74) is 0. The van der Waals surface area contributed by atoms with Gasteiger partial charge in [0, 0.05) is 12.8 Å². The predicted molar refractivity (Wildman–Crippen MR) is 237 cm³/mol. The highest BCUT2D eigenvalue weighted by molar-refractivity contribution is 5.70. The summed E-state index contributed by atoms with van der Waals surface area (Å²) in [5, 5.41) is 11.7. The van der Waals surface area contributed by atoms with Crippen LogP contribution in [0.2, 0.25) is 0 Å². The van der Waals surface area contributed by atoms with Gasteiger partial charge in [-0.1, -0.05) is 187 Å². The summed E-state index contributed by atoms with van der Waals surface area (Å²) in [7, 11) is 5.91. The Bertz CT molecular complexity index is 965. The number of allylic oxidation sites excluding steroid dienone is 2. The van der Waals surface area contributed by atoms with Gasteiger partial charge >= 0.3 is 11.9 Å². The van der Waals surface area contributed by atoms with E-state index in [-0.39, 0.29) is 32.2 Å². The fraction of sp³-hybridized carbons (Fsp3) is 0.898. The van der Waals surface area contributed by atoms with Gasteiger partial charge in [0.1, 0.15) is 13.2 Å². The van der Waals surface area contributed by atoms with Crippen LogP contribution in [0.25, 0.3) is 0 Å². The van der Waals surface area contributed by atoms with Gasteiger partial charge in [-0.15, -0.1) is 0 Å². The molecule has 0 bridgehead atoms. The third-order valence-corrected chi connectivity index (χ3v) is 10.8. The van der Waals surface area contributed by atoms with Gasteiger partial charge in [-0.2, -0.15) is 0 Å². The second kappa shape index (κ2) is 41.8. The number of aliphatic carboxylic acids is 1. The van der Waals surface area contributed by atoms with Gasteiger partial charge in [-0.3, -0.25) is 9.59 Å². The molecule has 0 aliphatic heterocycles. The van der Waals surface area contributed by atoms with Crippen molar-refractivity contribution in [3.63, 3.8) is 0 Å². The molecule has 9 heteroatoms. The van der Waals surface area contributed by atoms with Gasteiger partial charge in [-0.25, -0.2) is 0 Å². The van der Waals surface area contributed by atoms with E-state index in [1.807, 2.05) is 21.1 Å². The highest BCUT2D eigenvalue weighted by Crippen LogP contribution is 2.16. The molecule has 0 heterocycles. The van der Waals surface area contributed by atoms with Gasteiger partial charge in [0.25, 0.3) is 0 Å². The zero-order chi connectivity index (χ0) is 42.8. The summed E-state index contributed by atoms with van der Waals surface area (Å²) < 4.78 is 22.6. The number of carbonyl (C=O) groups excluding carboxylic acids is 3. The number of carboxylic acid groups (broad SMARTS) is 1. The molecule has 0 N–H and O–H groups in total. The van der Waals surface area contributed by atoms with Crippen molar-refractivity contribution >= 4 is 17.9 Å². The van der Waals surface area contributed by atoms with Crippen molar-refractivity contribution in [2.45, 2.75) is 238 Å². The average molecular weight is 824 g/mol. The van der Waals surface area contributed by atoms with Crippen LogP contribution >= 0.6 is 0 Å². The topological polar surface area (TPSA) is 111 Å². The van der Waals surface area contributed by atoms with Crippen LogP contribution in [0.1, 0.15) is 226 Å². The molecule has 0 rings (SSSR count). The first-order valence-corrected chi connectivity index (χ1v) is 24.3. The summed E-state index contributed by atoms with van der Waals surface area (Å²) in [6.45, 7) is 4.76. The standard InChI is InChI=1S/C49H93NO8/c1-6-8-10-12-14-16-18-20-22-23-24-26-27-29-31-33-35-37-39-46(51)56-43-45(44-57-49(48(53)54)55-42-41-50(3,4)5)58-47(52)40-38-36-34-32-30-28-25-21-19-17-15-13-11-9-7-2/h21,25,45,49H,6-20,22-24,26-44H2,1-5H3/b25-21-. The largest absolute Gasteiger partial charge is 0.545 e. The SMILES string of the molecule is CCCCCCCC/C=C\CCCCCCCC(=O)OC(COC(=O)CCCCCCCCCCCCCCCCCCCC)COC(OCC[N+](C)(C)C)C(=O)[O-]. The lowest BCUT2D eigenvalue weighted by Crippen LogP contribution is -2.44. The molecule has 0 fully saturated rings. The molecular formula is C49H93NO8. The Balaban J connectivity index is 4.35. The summed E-state index contributed by atoms with van der Waals surface area (Å²) in [4.78, 5) is 37.0. The number of carbonyl (C=O) groups is 3. The molecule has 58 heavy (non-hydrogen) atoms. The lowest BCUT2D eigenvalue weighted by atomic mass is 10.0. The van der Waals surface area contributed by atoms with Gasteiger partial charge < -0.3 is 33.3 Å². The lowest BCUT2D eigenvalue weighted by molar-refractivity contribution is -0.870. The number of hydrogen-bond donors (Lipinski definition) is 0. The minimum absolute atomic E-state index is 0.149. The monoisotopic (exact) mass is 824 g/mol. The highest BCUT2D eigenvalue weighted by atomic mass is 16.7. The molecule has 0 aliphatic carbocycles. The summed E-state index contributed by atoms with van der Waals surface area (Å²) in [6.07, 6.45) is 40.9. The second-order valence-electron chi connectivity index (χ2n) is 17.8. The van der Waals surface area contributed by atoms with Crippen LogP contribution in [-0.2, 0) is 33.3 Å². The number of unbranched alkanes of at least 4 members (excludes halogenated alkanes) is 28. The van der Waals surface area contributed by atoms with Gasteiger partial charge in [0.2, 0.25) is 0 Å². The molecule has 0 radical (unpaired) electrons. The van der Waals surface area contributed by atoms with Crippen molar-refractivity contribution < 1.29 is 42.9 Å². The van der Waals surface area contributed by atoms with E-state index in [2.05, 4.69) is 26.0 Å². The van der Waals surface area contributed by atoms with Crippen LogP contribution in [0.5, 0.6) is 0 Å². The Labute approximate surface area is 357 Å². The second-order valence-corrected chi connectivity index (χ2v) is 17.8. The average Bonchev–Trinajstić information content (AvgIpc) is 3.18. The maximum Gasteiger partial charge on any atom is 0.306 e. The third kappa shape index (κ3) is 42.2. The molecule has 0 amide bonds. The van der Waals surface area contributed by atoms with E-state index >= 15 is 0 Å². The molecular weight excluding hydrogens is 731 g/mol. The molecule has 2 unspecified atom stereocenters. The van der Waals surface area contributed by atoms with Crippen molar-refractivity contribution in [1.29, 1.82) is 0 Å². The van der Waals surface area contributed by atoms with E-state index in [1.54, 1.807) is 0 Å². The maximum absolute atomic E-state index is 12.8. The third-order valence-electron chi connectivity index (χ3n) is 10.8. The summed E-state index contributed by atoms with van der Waals surface area (Å²) >= 11 is 0. The molecule has 0 spiro atoms. The minimum Gasteiger partial charge on any atom is -0.545 e. The van der Waals surface area contributed by atoms with E-state index < -0.39 is 24.3 Å². The van der Waals surface area contributed by atoms with E-state index in [0.29, 0.717) is 23.9 Å². The first-order valence-electron chi connectivity index (χ1n) is 24.3. The predicted octanol–water partition coefficient (Wildman–Crippen LogP) is 11.7. The number of esters is 2. The number of ether oxygens (including phenoxy) is 4. The zero-order valence-corrected chi connectivity index (χ0v) is 38.7. The van der Waals surface area contributed by atoms with Crippen LogP contribution in [0.4, 0.5) is 0 Å². The number of carboxylic acids is 1. The molecule has 342 valence electrons. The molecule has 0 aliphatic rings. The van der Waals surface area contributed by atoms with Gasteiger partial charge in [0.15, 0.2) is 12.4 Å². The van der Waals surface area contributed by atoms with Crippen LogP contribution < -0.4 is 5.11 Å².